The molecule has 118 valence electrons. The molecule has 0 bridgehead atoms. The molecule has 0 aromatic carbocycles. The van der Waals surface area contributed by atoms with Crippen molar-refractivity contribution in [2.75, 3.05) is 23.7 Å². The lowest BCUT2D eigenvalue weighted by Crippen LogP contribution is -2.51. The zero-order chi connectivity index (χ0) is 15.6. The lowest BCUT2D eigenvalue weighted by Gasteiger charge is -2.35. The van der Waals surface area contributed by atoms with Crippen molar-refractivity contribution >= 4 is 17.6 Å². The molecule has 21 heavy (non-hydrogen) atoms. The quantitative estimate of drug-likeness (QED) is 0.863. The summed E-state index contributed by atoms with van der Waals surface area (Å²) in [6, 6.07) is 0.0197. The first kappa shape index (κ1) is 15.6. The number of nitrogens with one attached hydrogen (secondary N) is 1. The molecule has 0 aliphatic carbocycles. The van der Waals surface area contributed by atoms with E-state index < -0.39 is 5.60 Å². The van der Waals surface area contributed by atoms with Crippen molar-refractivity contribution in [2.24, 2.45) is 7.05 Å². The maximum Gasteiger partial charge on any atom is 0.416 e. The minimum absolute atomic E-state index is 0.0197. The summed E-state index contributed by atoms with van der Waals surface area (Å²) in [6.07, 6.45) is 3.10. The van der Waals surface area contributed by atoms with Gasteiger partial charge in [0.15, 0.2) is 5.82 Å². The average Bonchev–Trinajstić information content (AvgIpc) is 2.70. The molecule has 7 nitrogen and oxygen atoms in total. The van der Waals surface area contributed by atoms with E-state index in [9.17, 15) is 4.79 Å². The Balaban J connectivity index is 2.32. The molecule has 0 radical (unpaired) electrons. The first-order valence-electron chi connectivity index (χ1n) is 7.30. The summed E-state index contributed by atoms with van der Waals surface area (Å²) in [5.41, 5.74) is 5.93. The number of ether oxygens (including phenoxy) is 1. The molecule has 7 heteroatoms. The van der Waals surface area contributed by atoms with Crippen LogP contribution in [0.5, 0.6) is 0 Å². The third kappa shape index (κ3) is 3.66. The number of amides is 1. The van der Waals surface area contributed by atoms with Crippen LogP contribution in [-0.2, 0) is 11.8 Å². The lowest BCUT2D eigenvalue weighted by molar-refractivity contribution is 0.0557. The molecule has 1 amide bonds. The van der Waals surface area contributed by atoms with E-state index >= 15 is 0 Å². The number of piperidine rings is 1. The Hall–Kier alpha value is -1.76. The van der Waals surface area contributed by atoms with E-state index in [2.05, 4.69) is 10.4 Å². The van der Waals surface area contributed by atoms with Gasteiger partial charge in [-0.2, -0.15) is 5.10 Å². The van der Waals surface area contributed by atoms with Gasteiger partial charge in [0, 0.05) is 13.6 Å². The summed E-state index contributed by atoms with van der Waals surface area (Å²) in [5.74, 6) is 0.595. The molecule has 0 saturated carbocycles. The van der Waals surface area contributed by atoms with E-state index in [1.54, 1.807) is 22.8 Å². The zero-order valence-corrected chi connectivity index (χ0v) is 13.2. The number of aryl methyl sites for hydroxylation is 1. The Morgan fingerprint density at radius 2 is 2.29 bits per heavy atom. The lowest BCUT2D eigenvalue weighted by atomic mass is 10.1. The molecule has 1 saturated heterocycles. The number of rotatable bonds is 2. The third-order valence-electron chi connectivity index (χ3n) is 3.39. The van der Waals surface area contributed by atoms with Crippen LogP contribution in [0.1, 0.15) is 33.6 Å². The van der Waals surface area contributed by atoms with Crippen LogP contribution >= 0.6 is 0 Å². The van der Waals surface area contributed by atoms with Crippen LogP contribution in [-0.4, -0.2) is 40.6 Å². The minimum atomic E-state index is -0.551. The van der Waals surface area contributed by atoms with Gasteiger partial charge in [0.2, 0.25) is 0 Å². The summed E-state index contributed by atoms with van der Waals surface area (Å²) < 4.78 is 7.17. The molecule has 1 aliphatic rings. The van der Waals surface area contributed by atoms with Crippen LogP contribution in [0.3, 0.4) is 0 Å². The number of anilines is 2. The van der Waals surface area contributed by atoms with E-state index in [1.807, 2.05) is 20.8 Å². The molecule has 2 rings (SSSR count). The van der Waals surface area contributed by atoms with Crippen molar-refractivity contribution < 1.29 is 9.53 Å². The second kappa shape index (κ2) is 5.93. The van der Waals surface area contributed by atoms with Gasteiger partial charge in [-0.25, -0.2) is 4.79 Å². The molecule has 3 N–H and O–H groups in total. The number of hydrogen-bond acceptors (Lipinski definition) is 5. The van der Waals surface area contributed by atoms with Crippen molar-refractivity contribution in [3.63, 3.8) is 0 Å². The van der Waals surface area contributed by atoms with Gasteiger partial charge in [-0.3, -0.25) is 9.58 Å². The highest BCUT2D eigenvalue weighted by molar-refractivity contribution is 5.91. The van der Waals surface area contributed by atoms with Crippen LogP contribution in [0.4, 0.5) is 16.3 Å². The standard InChI is InChI=1S/C14H25N5O2/c1-14(2,3)21-13(20)19(10-6-5-7-16-8-10)12-11(15)9-17-18(12)4/h9-10,16H,5-8,15H2,1-4H3. The molecule has 0 spiro atoms. The van der Waals surface area contributed by atoms with Gasteiger partial charge in [0.25, 0.3) is 0 Å². The Morgan fingerprint density at radius 3 is 2.76 bits per heavy atom. The van der Waals surface area contributed by atoms with Crippen LogP contribution < -0.4 is 16.0 Å². The van der Waals surface area contributed by atoms with Crippen molar-refractivity contribution in [3.8, 4) is 0 Å². The maximum atomic E-state index is 12.6. The van der Waals surface area contributed by atoms with Gasteiger partial charge in [0.05, 0.1) is 17.9 Å². The van der Waals surface area contributed by atoms with Crippen molar-refractivity contribution in [1.29, 1.82) is 0 Å². The molecular weight excluding hydrogens is 270 g/mol. The van der Waals surface area contributed by atoms with E-state index in [1.165, 1.54) is 0 Å². The van der Waals surface area contributed by atoms with E-state index in [4.69, 9.17) is 10.5 Å². The number of nitrogens with two attached hydrogens (primary N) is 1. The molecule has 1 aromatic rings. The molecule has 2 heterocycles. The first-order valence-corrected chi connectivity index (χ1v) is 7.30. The van der Waals surface area contributed by atoms with Gasteiger partial charge in [0.1, 0.15) is 5.60 Å². The minimum Gasteiger partial charge on any atom is -0.443 e. The van der Waals surface area contributed by atoms with Crippen molar-refractivity contribution in [2.45, 2.75) is 45.3 Å². The highest BCUT2D eigenvalue weighted by atomic mass is 16.6. The fourth-order valence-corrected chi connectivity index (χ4v) is 2.52. The number of aromatic nitrogens is 2. The number of nitrogen functional groups attached to an aromatic ring is 1. The van der Waals surface area contributed by atoms with E-state index in [0.717, 1.165) is 25.9 Å². The number of carbonyl (C=O) groups is 1. The third-order valence-corrected chi connectivity index (χ3v) is 3.39. The van der Waals surface area contributed by atoms with Crippen molar-refractivity contribution in [1.82, 2.24) is 15.1 Å². The highest BCUT2D eigenvalue weighted by Crippen LogP contribution is 2.28. The highest BCUT2D eigenvalue weighted by Gasteiger charge is 2.33. The van der Waals surface area contributed by atoms with Crippen molar-refractivity contribution in [3.05, 3.63) is 6.20 Å². The molecule has 1 aliphatic heterocycles. The van der Waals surface area contributed by atoms with Crippen LogP contribution in [0.25, 0.3) is 0 Å². The second-order valence-electron chi connectivity index (χ2n) is 6.40. The zero-order valence-electron chi connectivity index (χ0n) is 13.2. The first-order chi connectivity index (χ1) is 9.79. The fourth-order valence-electron chi connectivity index (χ4n) is 2.52. The predicted molar refractivity (Wildman–Crippen MR) is 82.2 cm³/mol. The SMILES string of the molecule is Cn1ncc(N)c1N(C(=O)OC(C)(C)C)C1CCCNC1. The summed E-state index contributed by atoms with van der Waals surface area (Å²) >= 11 is 0. The Morgan fingerprint density at radius 1 is 1.57 bits per heavy atom. The molecule has 1 aromatic heterocycles. The Labute approximate surface area is 125 Å². The number of hydrogen-bond donors (Lipinski definition) is 2. The van der Waals surface area contributed by atoms with Crippen LogP contribution in [0.15, 0.2) is 6.20 Å². The summed E-state index contributed by atoms with van der Waals surface area (Å²) in [6.45, 7) is 7.27. The van der Waals surface area contributed by atoms with Crippen LogP contribution in [0, 0.1) is 0 Å². The summed E-state index contributed by atoms with van der Waals surface area (Å²) in [5, 5.41) is 7.45. The molecule has 1 fully saturated rings. The monoisotopic (exact) mass is 295 g/mol. The summed E-state index contributed by atoms with van der Waals surface area (Å²) in [4.78, 5) is 14.3. The van der Waals surface area contributed by atoms with Crippen LogP contribution in [0.2, 0.25) is 0 Å². The van der Waals surface area contributed by atoms with E-state index in [-0.39, 0.29) is 12.1 Å². The topological polar surface area (TPSA) is 85.4 Å². The predicted octanol–water partition coefficient (Wildman–Crippen LogP) is 1.50. The van der Waals surface area contributed by atoms with E-state index in [0.29, 0.717) is 11.5 Å². The average molecular weight is 295 g/mol. The second-order valence-corrected chi connectivity index (χ2v) is 6.40. The normalized spacial score (nSPS) is 19.3. The molecule has 1 unspecified atom stereocenters. The summed E-state index contributed by atoms with van der Waals surface area (Å²) in [7, 11) is 1.78. The maximum absolute atomic E-state index is 12.6. The fraction of sp³-hybridized carbons (Fsp3) is 0.714. The molecule has 1 atom stereocenters. The smallest absolute Gasteiger partial charge is 0.416 e. The van der Waals surface area contributed by atoms with Gasteiger partial charge in [-0.05, 0) is 40.2 Å². The largest absolute Gasteiger partial charge is 0.443 e. The number of carbonyl (C=O) groups excluding carboxylic acids is 1. The van der Waals surface area contributed by atoms with Gasteiger partial charge < -0.3 is 15.8 Å². The Kier molecular flexibility index (Phi) is 4.41. The van der Waals surface area contributed by atoms with Gasteiger partial charge >= 0.3 is 6.09 Å². The number of nitrogens with zero attached hydrogens (tertiary/aromatic N) is 3. The Bertz CT molecular complexity index is 480. The van der Waals surface area contributed by atoms with Gasteiger partial charge in [-0.15, -0.1) is 0 Å². The van der Waals surface area contributed by atoms with Gasteiger partial charge in [-0.1, -0.05) is 0 Å². The molecular formula is C14H25N5O2.